The predicted octanol–water partition coefficient (Wildman–Crippen LogP) is -0.616. The predicted molar refractivity (Wildman–Crippen MR) is 56.2 cm³/mol. The summed E-state index contributed by atoms with van der Waals surface area (Å²) in [5, 5.41) is 0. The molecule has 0 radical (unpaired) electrons. The minimum Gasteiger partial charge on any atom is -1.00 e. The molecule has 2 nitrogen and oxygen atoms in total. The molecule has 0 atom stereocenters. The van der Waals surface area contributed by atoms with Gasteiger partial charge in [-0.15, -0.1) is 0 Å². The van der Waals surface area contributed by atoms with Crippen LogP contribution in [0, 0.1) is 0 Å². The van der Waals surface area contributed by atoms with E-state index < -0.39 is 11.7 Å². The van der Waals surface area contributed by atoms with E-state index in [-0.39, 0.29) is 17.0 Å². The Labute approximate surface area is 113 Å². The first-order chi connectivity index (χ1) is 7.95. The molecule has 6 heteroatoms. The molecular weight excluding hydrogens is 309 g/mol. The first-order valence-electron chi connectivity index (χ1n) is 5.12. The van der Waals surface area contributed by atoms with Crippen LogP contribution in [0.15, 0.2) is 43.0 Å². The number of alkyl halides is 3. The molecule has 0 aliphatic rings. The highest BCUT2D eigenvalue weighted by atomic mass is 79.9. The van der Waals surface area contributed by atoms with Gasteiger partial charge in [0.1, 0.15) is 18.9 Å². The highest BCUT2D eigenvalue weighted by molar-refractivity contribution is 5.24. The van der Waals surface area contributed by atoms with Crippen molar-refractivity contribution in [3.63, 3.8) is 0 Å². The van der Waals surface area contributed by atoms with Crippen LogP contribution < -0.4 is 21.5 Å². The van der Waals surface area contributed by atoms with Gasteiger partial charge in [-0.3, -0.25) is 0 Å². The van der Waals surface area contributed by atoms with Gasteiger partial charge in [0.05, 0.1) is 12.6 Å². The van der Waals surface area contributed by atoms with Crippen LogP contribution in [0.3, 0.4) is 0 Å². The molecule has 0 spiro atoms. The second kappa shape index (κ2) is 5.56. The molecule has 0 bridgehead atoms. The Kier molecular flexibility index (Phi) is 4.56. The van der Waals surface area contributed by atoms with Gasteiger partial charge in [-0.2, -0.15) is 13.2 Å². The number of halogens is 4. The number of aromatic nitrogens is 2. The van der Waals surface area contributed by atoms with Crippen LogP contribution >= 0.6 is 0 Å². The second-order valence-electron chi connectivity index (χ2n) is 3.95. The van der Waals surface area contributed by atoms with Crippen molar-refractivity contribution in [2.24, 2.45) is 7.05 Å². The van der Waals surface area contributed by atoms with Gasteiger partial charge in [-0.05, 0) is 17.7 Å². The highest BCUT2D eigenvalue weighted by Crippen LogP contribution is 2.29. The molecule has 0 aliphatic carbocycles. The molecule has 1 aromatic carbocycles. The molecule has 0 N–H and O–H groups in total. The van der Waals surface area contributed by atoms with Crippen LogP contribution in [0.25, 0.3) is 0 Å². The fraction of sp³-hybridized carbons (Fsp3) is 0.250. The van der Waals surface area contributed by atoms with Gasteiger partial charge in [0.2, 0.25) is 6.33 Å². The van der Waals surface area contributed by atoms with E-state index in [1.54, 1.807) is 0 Å². The van der Waals surface area contributed by atoms with Crippen LogP contribution in [0.1, 0.15) is 11.1 Å². The average Bonchev–Trinajstić information content (AvgIpc) is 2.63. The number of hydrogen-bond acceptors (Lipinski definition) is 0. The molecule has 2 aromatic rings. The number of hydrogen-bond donors (Lipinski definition) is 0. The fourth-order valence-electron chi connectivity index (χ4n) is 1.61. The molecule has 98 valence electrons. The summed E-state index contributed by atoms with van der Waals surface area (Å²) in [5.74, 6) is 0. The lowest BCUT2D eigenvalue weighted by molar-refractivity contribution is -0.671. The highest BCUT2D eigenvalue weighted by Gasteiger charge is 2.29. The Morgan fingerprint density at radius 2 is 1.78 bits per heavy atom. The lowest BCUT2D eigenvalue weighted by Crippen LogP contribution is -3.00. The summed E-state index contributed by atoms with van der Waals surface area (Å²) in [6, 6.07) is 5.23. The van der Waals surface area contributed by atoms with Crippen molar-refractivity contribution in [3.05, 3.63) is 54.1 Å². The monoisotopic (exact) mass is 320 g/mol. The van der Waals surface area contributed by atoms with E-state index in [9.17, 15) is 13.2 Å². The van der Waals surface area contributed by atoms with Gasteiger partial charge < -0.3 is 17.0 Å². The third-order valence-corrected chi connectivity index (χ3v) is 2.47. The van der Waals surface area contributed by atoms with Gasteiger partial charge >= 0.3 is 6.18 Å². The Bertz CT molecular complexity index is 503. The van der Waals surface area contributed by atoms with Crippen LogP contribution in [-0.4, -0.2) is 4.57 Å². The molecule has 0 saturated heterocycles. The van der Waals surface area contributed by atoms with E-state index in [0.29, 0.717) is 6.54 Å². The lowest BCUT2D eigenvalue weighted by Gasteiger charge is -2.06. The maximum absolute atomic E-state index is 12.3. The Morgan fingerprint density at radius 3 is 2.22 bits per heavy atom. The topological polar surface area (TPSA) is 8.81 Å². The van der Waals surface area contributed by atoms with E-state index >= 15 is 0 Å². The second-order valence-corrected chi connectivity index (χ2v) is 3.95. The van der Waals surface area contributed by atoms with E-state index in [2.05, 4.69) is 0 Å². The molecule has 1 aromatic heterocycles. The third kappa shape index (κ3) is 3.60. The summed E-state index contributed by atoms with van der Waals surface area (Å²) in [7, 11) is 1.89. The van der Waals surface area contributed by atoms with E-state index in [1.165, 1.54) is 12.1 Å². The van der Waals surface area contributed by atoms with Crippen LogP contribution in [0.4, 0.5) is 13.2 Å². The standard InChI is InChI=1S/C12H12F3N2.BrH/c1-16-6-7-17(9-16)8-10-2-4-11(5-3-10)12(13,14)15;/h2-7,9H,8H2,1H3;1H/q+1;/p-1. The van der Waals surface area contributed by atoms with E-state index in [4.69, 9.17) is 0 Å². The summed E-state index contributed by atoms with van der Waals surface area (Å²) in [6.07, 6.45) is 1.36. The molecule has 0 fully saturated rings. The van der Waals surface area contributed by atoms with Crippen molar-refractivity contribution in [3.8, 4) is 0 Å². The zero-order valence-electron chi connectivity index (χ0n) is 9.65. The van der Waals surface area contributed by atoms with Crippen molar-refractivity contribution in [2.45, 2.75) is 12.7 Å². The number of nitrogens with zero attached hydrogens (tertiary/aromatic N) is 2. The molecular formula is C12H12BrF3N2. The van der Waals surface area contributed by atoms with Crippen molar-refractivity contribution >= 4 is 0 Å². The summed E-state index contributed by atoms with van der Waals surface area (Å²) in [5.41, 5.74) is 0.230. The summed E-state index contributed by atoms with van der Waals surface area (Å²) >= 11 is 0. The first kappa shape index (κ1) is 14.8. The van der Waals surface area contributed by atoms with Crippen molar-refractivity contribution < 1.29 is 34.7 Å². The molecule has 1 heterocycles. The Balaban J connectivity index is 0.00000162. The van der Waals surface area contributed by atoms with Gasteiger partial charge in [0.25, 0.3) is 0 Å². The maximum atomic E-state index is 12.3. The molecule has 18 heavy (non-hydrogen) atoms. The summed E-state index contributed by atoms with van der Waals surface area (Å²) in [6.45, 7) is 0.568. The first-order valence-corrected chi connectivity index (χ1v) is 5.12. The summed E-state index contributed by atoms with van der Waals surface area (Å²) < 4.78 is 40.8. The summed E-state index contributed by atoms with van der Waals surface area (Å²) in [4.78, 5) is 0. The largest absolute Gasteiger partial charge is 1.00 e. The molecule has 0 amide bonds. The molecule has 2 rings (SSSR count). The van der Waals surface area contributed by atoms with Gasteiger partial charge in [-0.25, -0.2) is 9.13 Å². The zero-order chi connectivity index (χ0) is 12.5. The number of aryl methyl sites for hydroxylation is 1. The zero-order valence-corrected chi connectivity index (χ0v) is 11.2. The molecule has 0 aliphatic heterocycles. The number of benzene rings is 1. The maximum Gasteiger partial charge on any atom is 0.416 e. The Morgan fingerprint density at radius 1 is 1.17 bits per heavy atom. The number of rotatable bonds is 2. The van der Waals surface area contributed by atoms with E-state index in [0.717, 1.165) is 17.7 Å². The lowest BCUT2D eigenvalue weighted by atomic mass is 10.1. The number of imidazole rings is 1. The van der Waals surface area contributed by atoms with Crippen LogP contribution in [0.5, 0.6) is 0 Å². The van der Waals surface area contributed by atoms with Crippen LogP contribution in [0.2, 0.25) is 0 Å². The average molecular weight is 321 g/mol. The molecule has 0 unspecified atom stereocenters. The van der Waals surface area contributed by atoms with Gasteiger partial charge in [0.15, 0.2) is 0 Å². The third-order valence-electron chi connectivity index (χ3n) is 2.47. The van der Waals surface area contributed by atoms with Crippen LogP contribution in [-0.2, 0) is 19.8 Å². The van der Waals surface area contributed by atoms with Gasteiger partial charge in [-0.1, -0.05) is 12.1 Å². The Hall–Kier alpha value is -1.30. The minimum absolute atomic E-state index is 0. The minimum atomic E-state index is -4.27. The smallest absolute Gasteiger partial charge is 0.416 e. The fourth-order valence-corrected chi connectivity index (χ4v) is 1.61. The van der Waals surface area contributed by atoms with Crippen molar-refractivity contribution in [1.82, 2.24) is 4.57 Å². The normalized spacial score (nSPS) is 11.1. The SMILES string of the molecule is C[n+]1ccn(Cc2ccc(C(F)(F)F)cc2)c1.[Br-]. The van der Waals surface area contributed by atoms with E-state index in [1.807, 2.05) is 34.9 Å². The quantitative estimate of drug-likeness (QED) is 0.653. The van der Waals surface area contributed by atoms with Crippen molar-refractivity contribution in [1.29, 1.82) is 0 Å². The van der Waals surface area contributed by atoms with Gasteiger partial charge in [0, 0.05) is 0 Å². The molecule has 0 saturated carbocycles. The van der Waals surface area contributed by atoms with Crippen molar-refractivity contribution in [2.75, 3.05) is 0 Å².